The molecule has 2 N–H and O–H groups in total. The van der Waals surface area contributed by atoms with Crippen LogP contribution in [0, 0.1) is 6.92 Å². The first kappa shape index (κ1) is 14.0. The SMILES string of the molecule is CCCOc1ccc(C)cc1CCCC(C)N. The maximum Gasteiger partial charge on any atom is 0.122 e. The Labute approximate surface area is 105 Å². The van der Waals surface area contributed by atoms with Crippen molar-refractivity contribution in [1.29, 1.82) is 0 Å². The normalized spacial score (nSPS) is 12.5. The second kappa shape index (κ2) is 7.33. The van der Waals surface area contributed by atoms with Crippen molar-refractivity contribution in [3.8, 4) is 5.75 Å². The molecule has 0 aliphatic carbocycles. The van der Waals surface area contributed by atoms with Crippen LogP contribution >= 0.6 is 0 Å². The summed E-state index contributed by atoms with van der Waals surface area (Å²) in [5, 5.41) is 0. The first-order chi connectivity index (χ1) is 8.13. The third kappa shape index (κ3) is 5.22. The van der Waals surface area contributed by atoms with Gasteiger partial charge in [0.2, 0.25) is 0 Å². The fraction of sp³-hybridized carbons (Fsp3) is 0.600. The first-order valence-corrected chi connectivity index (χ1v) is 6.61. The molecule has 0 bridgehead atoms. The van der Waals surface area contributed by atoms with Crippen LogP contribution in [-0.4, -0.2) is 12.6 Å². The Morgan fingerprint density at radius 1 is 1.35 bits per heavy atom. The molecule has 2 heteroatoms. The van der Waals surface area contributed by atoms with Crippen LogP contribution in [0.2, 0.25) is 0 Å². The lowest BCUT2D eigenvalue weighted by Gasteiger charge is -2.12. The average molecular weight is 235 g/mol. The highest BCUT2D eigenvalue weighted by molar-refractivity contribution is 5.37. The third-order valence-corrected chi connectivity index (χ3v) is 2.78. The lowest BCUT2D eigenvalue weighted by atomic mass is 10.0. The van der Waals surface area contributed by atoms with E-state index < -0.39 is 0 Å². The van der Waals surface area contributed by atoms with Crippen LogP contribution in [-0.2, 0) is 6.42 Å². The zero-order valence-corrected chi connectivity index (χ0v) is 11.3. The van der Waals surface area contributed by atoms with Gasteiger partial charge in [0.15, 0.2) is 0 Å². The Morgan fingerprint density at radius 2 is 2.12 bits per heavy atom. The maximum atomic E-state index is 5.77. The van der Waals surface area contributed by atoms with Gasteiger partial charge < -0.3 is 10.5 Å². The second-order valence-corrected chi connectivity index (χ2v) is 4.83. The Bertz CT molecular complexity index is 334. The summed E-state index contributed by atoms with van der Waals surface area (Å²) in [5.41, 5.74) is 8.39. The number of hydrogen-bond acceptors (Lipinski definition) is 2. The summed E-state index contributed by atoms with van der Waals surface area (Å²) in [5.74, 6) is 1.04. The van der Waals surface area contributed by atoms with E-state index in [-0.39, 0.29) is 0 Å². The van der Waals surface area contributed by atoms with Crippen LogP contribution in [0.3, 0.4) is 0 Å². The van der Waals surface area contributed by atoms with Gasteiger partial charge in [-0.2, -0.15) is 0 Å². The molecular weight excluding hydrogens is 210 g/mol. The molecule has 0 radical (unpaired) electrons. The predicted molar refractivity (Wildman–Crippen MR) is 73.6 cm³/mol. The Hall–Kier alpha value is -1.02. The van der Waals surface area contributed by atoms with E-state index in [4.69, 9.17) is 10.5 Å². The molecule has 1 aromatic carbocycles. The van der Waals surface area contributed by atoms with Gasteiger partial charge in [-0.1, -0.05) is 24.6 Å². The van der Waals surface area contributed by atoms with Gasteiger partial charge in [0, 0.05) is 6.04 Å². The molecule has 0 saturated heterocycles. The summed E-state index contributed by atoms with van der Waals surface area (Å²) in [6.45, 7) is 7.11. The summed E-state index contributed by atoms with van der Waals surface area (Å²) in [6, 6.07) is 6.72. The molecule has 1 rings (SSSR count). The van der Waals surface area contributed by atoms with Gasteiger partial charge in [-0.3, -0.25) is 0 Å². The lowest BCUT2D eigenvalue weighted by Crippen LogP contribution is -2.14. The standard InChI is InChI=1S/C15H25NO/c1-4-10-17-15-9-8-12(2)11-14(15)7-5-6-13(3)16/h8-9,11,13H,4-7,10,16H2,1-3H3. The highest BCUT2D eigenvalue weighted by Crippen LogP contribution is 2.22. The molecule has 0 amide bonds. The minimum absolute atomic E-state index is 0.291. The number of hydrogen-bond donors (Lipinski definition) is 1. The van der Waals surface area contributed by atoms with Crippen molar-refractivity contribution >= 4 is 0 Å². The minimum Gasteiger partial charge on any atom is -0.493 e. The molecule has 1 atom stereocenters. The molecule has 0 saturated carbocycles. The van der Waals surface area contributed by atoms with E-state index in [1.165, 1.54) is 11.1 Å². The van der Waals surface area contributed by atoms with Crippen LogP contribution in [0.15, 0.2) is 18.2 Å². The molecule has 1 aromatic rings. The molecule has 0 heterocycles. The summed E-state index contributed by atoms with van der Waals surface area (Å²) in [4.78, 5) is 0. The van der Waals surface area contributed by atoms with Crippen molar-refractivity contribution in [2.75, 3.05) is 6.61 Å². The van der Waals surface area contributed by atoms with E-state index in [9.17, 15) is 0 Å². The molecule has 0 aliphatic heterocycles. The Morgan fingerprint density at radius 3 is 2.76 bits per heavy atom. The van der Waals surface area contributed by atoms with Crippen LogP contribution in [0.25, 0.3) is 0 Å². The largest absolute Gasteiger partial charge is 0.493 e. The van der Waals surface area contributed by atoms with Crippen molar-refractivity contribution in [3.63, 3.8) is 0 Å². The number of benzene rings is 1. The number of aryl methyl sites for hydroxylation is 2. The molecule has 1 unspecified atom stereocenters. The summed E-state index contributed by atoms with van der Waals surface area (Å²) in [7, 11) is 0. The maximum absolute atomic E-state index is 5.77. The highest BCUT2D eigenvalue weighted by atomic mass is 16.5. The van der Waals surface area contributed by atoms with Gasteiger partial charge in [-0.05, 0) is 51.2 Å². The number of rotatable bonds is 7. The Kier molecular flexibility index (Phi) is 6.06. The molecule has 0 aliphatic rings. The van der Waals surface area contributed by atoms with Crippen LogP contribution < -0.4 is 10.5 Å². The summed E-state index contributed by atoms with van der Waals surface area (Å²) < 4.78 is 5.77. The number of ether oxygens (including phenoxy) is 1. The quantitative estimate of drug-likeness (QED) is 0.785. The van der Waals surface area contributed by atoms with Crippen LogP contribution in [0.5, 0.6) is 5.75 Å². The van der Waals surface area contributed by atoms with Gasteiger partial charge in [0.25, 0.3) is 0 Å². The van der Waals surface area contributed by atoms with Crippen LogP contribution in [0.1, 0.15) is 44.2 Å². The zero-order chi connectivity index (χ0) is 12.7. The third-order valence-electron chi connectivity index (χ3n) is 2.78. The van der Waals surface area contributed by atoms with Crippen LogP contribution in [0.4, 0.5) is 0 Å². The fourth-order valence-corrected chi connectivity index (χ4v) is 1.87. The first-order valence-electron chi connectivity index (χ1n) is 6.61. The summed E-state index contributed by atoms with van der Waals surface area (Å²) in [6.07, 6.45) is 4.31. The molecule has 17 heavy (non-hydrogen) atoms. The van der Waals surface area contributed by atoms with E-state index in [1.54, 1.807) is 0 Å². The molecule has 96 valence electrons. The average Bonchev–Trinajstić information content (AvgIpc) is 2.27. The van der Waals surface area contributed by atoms with E-state index >= 15 is 0 Å². The lowest BCUT2D eigenvalue weighted by molar-refractivity contribution is 0.313. The van der Waals surface area contributed by atoms with Gasteiger partial charge in [-0.15, -0.1) is 0 Å². The monoisotopic (exact) mass is 235 g/mol. The van der Waals surface area contributed by atoms with Crippen molar-refractivity contribution < 1.29 is 4.74 Å². The van der Waals surface area contributed by atoms with E-state index in [1.807, 2.05) is 0 Å². The molecule has 2 nitrogen and oxygen atoms in total. The summed E-state index contributed by atoms with van der Waals surface area (Å²) >= 11 is 0. The fourth-order valence-electron chi connectivity index (χ4n) is 1.87. The smallest absolute Gasteiger partial charge is 0.122 e. The topological polar surface area (TPSA) is 35.2 Å². The van der Waals surface area contributed by atoms with Gasteiger partial charge in [0.05, 0.1) is 6.61 Å². The van der Waals surface area contributed by atoms with Gasteiger partial charge in [-0.25, -0.2) is 0 Å². The van der Waals surface area contributed by atoms with E-state index in [0.29, 0.717) is 6.04 Å². The molecule has 0 spiro atoms. The second-order valence-electron chi connectivity index (χ2n) is 4.83. The van der Waals surface area contributed by atoms with E-state index in [2.05, 4.69) is 39.0 Å². The van der Waals surface area contributed by atoms with Crippen molar-refractivity contribution in [2.24, 2.45) is 5.73 Å². The highest BCUT2D eigenvalue weighted by Gasteiger charge is 2.04. The minimum atomic E-state index is 0.291. The number of nitrogens with two attached hydrogens (primary N) is 1. The van der Waals surface area contributed by atoms with Gasteiger partial charge in [0.1, 0.15) is 5.75 Å². The molecular formula is C15H25NO. The molecule has 0 fully saturated rings. The zero-order valence-electron chi connectivity index (χ0n) is 11.3. The van der Waals surface area contributed by atoms with Crippen molar-refractivity contribution in [1.82, 2.24) is 0 Å². The predicted octanol–water partition coefficient (Wildman–Crippen LogP) is 3.45. The van der Waals surface area contributed by atoms with Crippen molar-refractivity contribution in [2.45, 2.75) is 52.5 Å². The van der Waals surface area contributed by atoms with Gasteiger partial charge >= 0.3 is 0 Å². The Balaban J connectivity index is 2.62. The van der Waals surface area contributed by atoms with Crippen molar-refractivity contribution in [3.05, 3.63) is 29.3 Å². The molecule has 0 aromatic heterocycles. The van der Waals surface area contributed by atoms with E-state index in [0.717, 1.165) is 38.0 Å².